The summed E-state index contributed by atoms with van der Waals surface area (Å²) >= 11 is 7.45. The number of rotatable bonds is 7. The largest absolute Gasteiger partial charge is 0.493 e. The van der Waals surface area contributed by atoms with Gasteiger partial charge < -0.3 is 14.8 Å². The number of methoxy groups -OCH3 is 1. The Morgan fingerprint density at radius 2 is 2.00 bits per heavy atom. The summed E-state index contributed by atoms with van der Waals surface area (Å²) in [6, 6.07) is 10.3. The molecule has 0 spiro atoms. The van der Waals surface area contributed by atoms with E-state index in [1.54, 1.807) is 7.11 Å². The van der Waals surface area contributed by atoms with Crippen molar-refractivity contribution in [3.63, 3.8) is 0 Å². The highest BCUT2D eigenvalue weighted by atomic mass is 35.5. The highest BCUT2D eigenvalue weighted by molar-refractivity contribution is 7.16. The summed E-state index contributed by atoms with van der Waals surface area (Å²) in [4.78, 5) is 1.09. The van der Waals surface area contributed by atoms with Crippen LogP contribution in [0.5, 0.6) is 11.5 Å². The predicted molar refractivity (Wildman–Crippen MR) is 88.6 cm³/mol. The summed E-state index contributed by atoms with van der Waals surface area (Å²) in [5.41, 5.74) is 1.17. The molecule has 2 aromatic rings. The molecule has 0 bridgehead atoms. The molecular weight excluding hydrogens is 306 g/mol. The van der Waals surface area contributed by atoms with Crippen LogP contribution in [-0.2, 0) is 13.2 Å². The Bertz CT molecular complexity index is 583. The van der Waals surface area contributed by atoms with Crippen molar-refractivity contribution in [3.8, 4) is 11.5 Å². The summed E-state index contributed by atoms with van der Waals surface area (Å²) in [5.74, 6) is 1.50. The summed E-state index contributed by atoms with van der Waals surface area (Å²) in [6.45, 7) is 5.56. The van der Waals surface area contributed by atoms with Crippen LogP contribution >= 0.6 is 22.9 Å². The molecule has 114 valence electrons. The first-order valence-electron chi connectivity index (χ1n) is 6.86. The normalized spacial score (nSPS) is 10.9. The number of hydrogen-bond donors (Lipinski definition) is 1. The van der Waals surface area contributed by atoms with E-state index in [0.29, 0.717) is 12.6 Å². The van der Waals surface area contributed by atoms with Crippen molar-refractivity contribution in [2.75, 3.05) is 7.11 Å². The first-order chi connectivity index (χ1) is 10.1. The van der Waals surface area contributed by atoms with Crippen molar-refractivity contribution in [1.29, 1.82) is 0 Å². The number of benzene rings is 1. The lowest BCUT2D eigenvalue weighted by Crippen LogP contribution is -2.21. The standard InChI is InChI=1S/C16H20ClNO2S/c1-11(2)18-9-12-4-6-14(19-3)15(8-12)20-10-13-5-7-16(17)21-13/h4-8,11,18H,9-10H2,1-3H3. The van der Waals surface area contributed by atoms with Crippen LogP contribution < -0.4 is 14.8 Å². The Labute approximate surface area is 134 Å². The van der Waals surface area contributed by atoms with Crippen molar-refractivity contribution in [2.45, 2.75) is 33.0 Å². The van der Waals surface area contributed by atoms with Gasteiger partial charge in [0.15, 0.2) is 11.5 Å². The minimum atomic E-state index is 0.449. The summed E-state index contributed by atoms with van der Waals surface area (Å²) in [5, 5.41) is 3.39. The molecule has 1 heterocycles. The maximum Gasteiger partial charge on any atom is 0.162 e. The van der Waals surface area contributed by atoms with Crippen LogP contribution in [-0.4, -0.2) is 13.2 Å². The Balaban J connectivity index is 2.06. The number of hydrogen-bond acceptors (Lipinski definition) is 4. The minimum absolute atomic E-state index is 0.449. The van der Waals surface area contributed by atoms with Gasteiger partial charge in [0.2, 0.25) is 0 Å². The van der Waals surface area contributed by atoms with Gasteiger partial charge in [-0.1, -0.05) is 31.5 Å². The molecule has 0 saturated carbocycles. The van der Waals surface area contributed by atoms with E-state index >= 15 is 0 Å². The maximum atomic E-state index is 5.93. The first kappa shape index (κ1) is 16.1. The molecule has 0 amide bonds. The van der Waals surface area contributed by atoms with Gasteiger partial charge >= 0.3 is 0 Å². The van der Waals surface area contributed by atoms with Gasteiger partial charge in [0.05, 0.1) is 11.4 Å². The highest BCUT2D eigenvalue weighted by Gasteiger charge is 2.07. The van der Waals surface area contributed by atoms with Gasteiger partial charge in [-0.05, 0) is 29.8 Å². The smallest absolute Gasteiger partial charge is 0.162 e. The average Bonchev–Trinajstić information content (AvgIpc) is 2.88. The quantitative estimate of drug-likeness (QED) is 0.813. The Morgan fingerprint density at radius 1 is 1.19 bits per heavy atom. The topological polar surface area (TPSA) is 30.5 Å². The van der Waals surface area contributed by atoms with E-state index in [0.717, 1.165) is 27.3 Å². The van der Waals surface area contributed by atoms with Crippen molar-refractivity contribution in [2.24, 2.45) is 0 Å². The van der Waals surface area contributed by atoms with E-state index in [-0.39, 0.29) is 0 Å². The van der Waals surface area contributed by atoms with Gasteiger partial charge in [0.25, 0.3) is 0 Å². The van der Waals surface area contributed by atoms with Crippen LogP contribution in [0.15, 0.2) is 30.3 Å². The maximum absolute atomic E-state index is 5.93. The minimum Gasteiger partial charge on any atom is -0.493 e. The molecule has 3 nitrogen and oxygen atoms in total. The van der Waals surface area contributed by atoms with Gasteiger partial charge in [-0.3, -0.25) is 0 Å². The van der Waals surface area contributed by atoms with E-state index in [9.17, 15) is 0 Å². The molecule has 0 aliphatic heterocycles. The van der Waals surface area contributed by atoms with Gasteiger partial charge in [0.1, 0.15) is 6.61 Å². The summed E-state index contributed by atoms with van der Waals surface area (Å²) in [7, 11) is 1.65. The van der Waals surface area contributed by atoms with E-state index < -0.39 is 0 Å². The van der Waals surface area contributed by atoms with E-state index in [1.165, 1.54) is 16.9 Å². The second-order valence-electron chi connectivity index (χ2n) is 5.02. The second kappa shape index (κ2) is 7.69. The first-order valence-corrected chi connectivity index (χ1v) is 8.05. The lowest BCUT2D eigenvalue weighted by atomic mass is 10.2. The predicted octanol–water partition coefficient (Wildman–Crippen LogP) is 4.49. The van der Waals surface area contributed by atoms with Crippen LogP contribution in [0.25, 0.3) is 0 Å². The third-order valence-electron chi connectivity index (χ3n) is 2.94. The van der Waals surface area contributed by atoms with Gasteiger partial charge in [-0.25, -0.2) is 0 Å². The monoisotopic (exact) mass is 325 g/mol. The molecule has 2 rings (SSSR count). The molecule has 0 atom stereocenters. The van der Waals surface area contributed by atoms with Crippen molar-refractivity contribution in [3.05, 3.63) is 45.1 Å². The molecule has 0 saturated heterocycles. The Hall–Kier alpha value is -1.23. The molecular formula is C16H20ClNO2S. The molecule has 0 fully saturated rings. The lowest BCUT2D eigenvalue weighted by Gasteiger charge is -2.13. The third-order valence-corrected chi connectivity index (χ3v) is 4.15. The van der Waals surface area contributed by atoms with Crippen molar-refractivity contribution in [1.82, 2.24) is 5.32 Å². The van der Waals surface area contributed by atoms with Crippen LogP contribution in [0.1, 0.15) is 24.3 Å². The number of nitrogens with one attached hydrogen (secondary N) is 1. The van der Waals surface area contributed by atoms with E-state index in [1.807, 2.05) is 30.3 Å². The highest BCUT2D eigenvalue weighted by Crippen LogP contribution is 2.30. The molecule has 5 heteroatoms. The molecule has 0 radical (unpaired) electrons. The molecule has 0 unspecified atom stereocenters. The van der Waals surface area contributed by atoms with Gasteiger partial charge in [-0.15, -0.1) is 11.3 Å². The fourth-order valence-corrected chi connectivity index (χ4v) is 2.84. The number of halogens is 1. The third kappa shape index (κ3) is 4.92. The molecule has 21 heavy (non-hydrogen) atoms. The van der Waals surface area contributed by atoms with Crippen LogP contribution in [0.3, 0.4) is 0 Å². The second-order valence-corrected chi connectivity index (χ2v) is 6.81. The zero-order valence-electron chi connectivity index (χ0n) is 12.5. The van der Waals surface area contributed by atoms with Crippen molar-refractivity contribution < 1.29 is 9.47 Å². The zero-order valence-corrected chi connectivity index (χ0v) is 14.1. The Kier molecular flexibility index (Phi) is 5.91. The zero-order chi connectivity index (χ0) is 15.2. The number of ether oxygens (including phenoxy) is 2. The Morgan fingerprint density at radius 3 is 2.62 bits per heavy atom. The fraction of sp³-hybridized carbons (Fsp3) is 0.375. The molecule has 1 aromatic carbocycles. The number of thiophene rings is 1. The van der Waals surface area contributed by atoms with Crippen molar-refractivity contribution >= 4 is 22.9 Å². The van der Waals surface area contributed by atoms with E-state index in [2.05, 4.69) is 19.2 Å². The van der Waals surface area contributed by atoms with Gasteiger partial charge in [-0.2, -0.15) is 0 Å². The van der Waals surface area contributed by atoms with Crippen LogP contribution in [0.4, 0.5) is 0 Å². The van der Waals surface area contributed by atoms with Gasteiger partial charge in [0, 0.05) is 17.5 Å². The summed E-state index contributed by atoms with van der Waals surface area (Å²) < 4.78 is 12.0. The molecule has 1 aromatic heterocycles. The van der Waals surface area contributed by atoms with Crippen LogP contribution in [0, 0.1) is 0 Å². The fourth-order valence-electron chi connectivity index (χ4n) is 1.84. The summed E-state index contributed by atoms with van der Waals surface area (Å²) in [6.07, 6.45) is 0. The molecule has 1 N–H and O–H groups in total. The average molecular weight is 326 g/mol. The molecule has 0 aliphatic rings. The van der Waals surface area contributed by atoms with E-state index in [4.69, 9.17) is 21.1 Å². The lowest BCUT2D eigenvalue weighted by molar-refractivity contribution is 0.287. The molecule has 0 aliphatic carbocycles. The SMILES string of the molecule is COc1ccc(CNC(C)C)cc1OCc1ccc(Cl)s1. The van der Waals surface area contributed by atoms with Crippen LogP contribution in [0.2, 0.25) is 4.34 Å².